The van der Waals surface area contributed by atoms with Gasteiger partial charge in [-0.1, -0.05) is 16.9 Å². The summed E-state index contributed by atoms with van der Waals surface area (Å²) in [6.07, 6.45) is 0. The van der Waals surface area contributed by atoms with Gasteiger partial charge >= 0.3 is 11.9 Å². The predicted molar refractivity (Wildman–Crippen MR) is 148 cm³/mol. The van der Waals surface area contributed by atoms with Gasteiger partial charge in [0.25, 0.3) is 5.91 Å². The number of thioether (sulfide) groups is 2. The Morgan fingerprint density at radius 3 is 2.63 bits per heavy atom. The third-order valence-electron chi connectivity index (χ3n) is 5.69. The lowest BCUT2D eigenvalue weighted by Gasteiger charge is -2.51. The third kappa shape index (κ3) is 6.62. The number of hydrogen-bond donors (Lipinski definition) is 2. The zero-order chi connectivity index (χ0) is 29.9. The molecule has 3 N–H and O–H groups in total. The molecule has 4 heterocycles. The van der Waals surface area contributed by atoms with Crippen LogP contribution in [0.4, 0.5) is 5.13 Å². The van der Waals surface area contributed by atoms with E-state index >= 15 is 0 Å². The number of tetrazole rings is 1. The predicted octanol–water partition coefficient (Wildman–Crippen LogP) is 0.134. The molecule has 0 unspecified atom stereocenters. The highest BCUT2D eigenvalue weighted by molar-refractivity contribution is 8.03. The van der Waals surface area contributed by atoms with Crippen molar-refractivity contribution in [3.05, 3.63) is 22.1 Å². The number of carbonyl (C=O) groups is 4. The van der Waals surface area contributed by atoms with Crippen LogP contribution in [-0.2, 0) is 40.5 Å². The van der Waals surface area contributed by atoms with Gasteiger partial charge in [0.1, 0.15) is 24.2 Å². The highest BCUT2D eigenvalue weighted by atomic mass is 32.2. The molecule has 3 atom stereocenters. The van der Waals surface area contributed by atoms with Gasteiger partial charge in [0.15, 0.2) is 16.9 Å². The second-order valence-electron chi connectivity index (χ2n) is 9.65. The molecule has 0 saturated carbocycles. The normalized spacial score (nSPS) is 20.5. The summed E-state index contributed by atoms with van der Waals surface area (Å²) in [6.45, 7) is 4.38. The smallest absolute Gasteiger partial charge is 0.336 e. The van der Waals surface area contributed by atoms with Crippen LogP contribution < -0.4 is 11.1 Å². The molecule has 41 heavy (non-hydrogen) atoms. The van der Waals surface area contributed by atoms with Gasteiger partial charge < -0.3 is 30.3 Å². The number of aromatic nitrogens is 5. The molecule has 2 aromatic rings. The van der Waals surface area contributed by atoms with E-state index in [0.29, 0.717) is 10.7 Å². The molecule has 0 radical (unpaired) electrons. The van der Waals surface area contributed by atoms with E-state index in [4.69, 9.17) is 20.0 Å². The summed E-state index contributed by atoms with van der Waals surface area (Å²) < 4.78 is 11.8. The number of oxime groups is 1. The number of thiazole rings is 1. The van der Waals surface area contributed by atoms with E-state index in [1.165, 1.54) is 45.6 Å². The van der Waals surface area contributed by atoms with E-state index in [1.54, 1.807) is 33.2 Å². The Kier molecular flexibility index (Phi) is 9.17. The number of nitrogens with zero attached hydrogens (tertiary/aromatic N) is 7. The van der Waals surface area contributed by atoms with E-state index in [-0.39, 0.29) is 22.3 Å². The minimum atomic E-state index is -1.13. The minimum absolute atomic E-state index is 0.158. The van der Waals surface area contributed by atoms with Crippen LogP contribution in [0.15, 0.2) is 26.7 Å². The molecule has 1 fully saturated rings. The number of anilines is 1. The Morgan fingerprint density at radius 2 is 2.02 bits per heavy atom. The Balaban J connectivity index is 1.50. The Hall–Kier alpha value is -3.71. The molecule has 220 valence electrons. The molecular weight excluding hydrogens is 598 g/mol. The van der Waals surface area contributed by atoms with Crippen molar-refractivity contribution in [3.8, 4) is 0 Å². The van der Waals surface area contributed by atoms with Crippen LogP contribution in [0.2, 0.25) is 0 Å². The van der Waals surface area contributed by atoms with Gasteiger partial charge in [-0.3, -0.25) is 14.4 Å². The fourth-order valence-electron chi connectivity index (χ4n) is 3.65. The summed E-state index contributed by atoms with van der Waals surface area (Å²) in [5.74, 6) is -2.31. The first-order valence-corrected chi connectivity index (χ1v) is 14.7. The van der Waals surface area contributed by atoms with Gasteiger partial charge in [0, 0.05) is 18.2 Å². The summed E-state index contributed by atoms with van der Waals surface area (Å²) >= 11 is 3.63. The molecule has 0 bridgehead atoms. The average Bonchev–Trinajstić information content (AvgIpc) is 3.54. The molecule has 0 spiro atoms. The zero-order valence-corrected chi connectivity index (χ0v) is 25.0. The molecule has 1 saturated heterocycles. The number of fused-ring (bicyclic) bond motifs is 1. The van der Waals surface area contributed by atoms with Crippen molar-refractivity contribution >= 4 is 69.5 Å². The molecule has 2 aliphatic rings. The first-order chi connectivity index (χ1) is 19.4. The van der Waals surface area contributed by atoms with Crippen LogP contribution in [0.25, 0.3) is 0 Å². The Labute approximate surface area is 246 Å². The van der Waals surface area contributed by atoms with Gasteiger partial charge in [-0.25, -0.2) is 14.5 Å². The number of nitrogens with two attached hydrogens (primary N) is 1. The lowest BCUT2D eigenvalue weighted by atomic mass is 9.97. The van der Waals surface area contributed by atoms with Crippen molar-refractivity contribution in [2.24, 2.45) is 17.6 Å². The zero-order valence-electron chi connectivity index (χ0n) is 22.6. The number of β-lactam (4-membered cyclic amide) rings is 1. The third-order valence-corrected chi connectivity index (χ3v) is 8.67. The second kappa shape index (κ2) is 12.4. The quantitative estimate of drug-likeness (QED) is 0.0899. The van der Waals surface area contributed by atoms with Crippen molar-refractivity contribution < 1.29 is 33.5 Å². The standard InChI is InChI=1S/C22H27N9O7S3/c1-22(2,3)19(35)38-9-37-18(34)14-10(7-41-21-26-28-29-30(21)4)6-39-17-13(16(33)31(14)17)25-15(32)12(27-36-5)11-8-40-20(23)24-11/h6,8,13-14,17H,7,9H2,1-5H3,(H2,23,24)(H,25,32)/b27-12-/t13-,14-,17-/m1/s1. The maximum Gasteiger partial charge on any atom is 0.336 e. The number of esters is 2. The lowest BCUT2D eigenvalue weighted by molar-refractivity contribution is -0.179. The number of rotatable bonds is 10. The number of carbonyl (C=O) groups excluding carboxylic acids is 4. The monoisotopic (exact) mass is 625 g/mol. The summed E-state index contributed by atoms with van der Waals surface area (Å²) in [5, 5.41) is 21.1. The fraction of sp³-hybridized carbons (Fsp3) is 0.500. The van der Waals surface area contributed by atoms with E-state index in [9.17, 15) is 19.2 Å². The lowest BCUT2D eigenvalue weighted by Crippen LogP contribution is -2.74. The van der Waals surface area contributed by atoms with Crippen LogP contribution in [0.3, 0.4) is 0 Å². The first-order valence-electron chi connectivity index (χ1n) is 11.9. The molecular formula is C22H27N9O7S3. The molecule has 19 heteroatoms. The van der Waals surface area contributed by atoms with Crippen molar-refractivity contribution in [1.29, 1.82) is 0 Å². The molecule has 4 rings (SSSR count). The molecule has 16 nitrogen and oxygen atoms in total. The SMILES string of the molecule is CO/N=C(\C(=O)N[C@@H]1C(=O)N2[C@@H](C(=O)OCOC(=O)C(C)(C)C)C(CSc3nnnn3C)=CS[C@H]12)c1csc(N)n1. The Bertz CT molecular complexity index is 1400. The number of nitrogen functional groups attached to an aromatic ring is 1. The number of hydrogen-bond acceptors (Lipinski definition) is 16. The molecule has 2 amide bonds. The van der Waals surface area contributed by atoms with E-state index < -0.39 is 53.4 Å². The van der Waals surface area contributed by atoms with Crippen molar-refractivity contribution in [1.82, 2.24) is 35.4 Å². The average molecular weight is 626 g/mol. The van der Waals surface area contributed by atoms with Crippen LogP contribution in [0, 0.1) is 5.41 Å². The second-order valence-corrected chi connectivity index (χ2v) is 12.5. The first kappa shape index (κ1) is 30.3. The van der Waals surface area contributed by atoms with Crippen LogP contribution in [0.5, 0.6) is 0 Å². The van der Waals surface area contributed by atoms with Gasteiger partial charge in [-0.15, -0.1) is 28.2 Å². The van der Waals surface area contributed by atoms with Gasteiger partial charge in [-0.05, 0) is 42.2 Å². The number of nitrogens with one attached hydrogen (secondary N) is 1. The number of amides is 2. The summed E-state index contributed by atoms with van der Waals surface area (Å²) in [7, 11) is 2.94. The summed E-state index contributed by atoms with van der Waals surface area (Å²) in [4.78, 5) is 61.9. The summed E-state index contributed by atoms with van der Waals surface area (Å²) in [5.41, 5.74) is 5.46. The van der Waals surface area contributed by atoms with Crippen molar-refractivity contribution in [3.63, 3.8) is 0 Å². The minimum Gasteiger partial charge on any atom is -0.427 e. The van der Waals surface area contributed by atoms with Crippen LogP contribution in [-0.4, -0.2) is 96.7 Å². The Morgan fingerprint density at radius 1 is 1.27 bits per heavy atom. The molecule has 2 aliphatic heterocycles. The van der Waals surface area contributed by atoms with Gasteiger partial charge in [0.05, 0.1) is 5.41 Å². The number of ether oxygens (including phenoxy) is 2. The van der Waals surface area contributed by atoms with Gasteiger partial charge in [0.2, 0.25) is 17.9 Å². The van der Waals surface area contributed by atoms with Gasteiger partial charge in [-0.2, -0.15) is 0 Å². The van der Waals surface area contributed by atoms with E-state index in [1.807, 2.05) is 0 Å². The van der Waals surface area contributed by atoms with Crippen LogP contribution in [0.1, 0.15) is 26.5 Å². The largest absolute Gasteiger partial charge is 0.427 e. The maximum absolute atomic E-state index is 13.3. The highest BCUT2D eigenvalue weighted by Crippen LogP contribution is 2.41. The summed E-state index contributed by atoms with van der Waals surface area (Å²) in [6, 6.07) is -2.11. The number of aryl methyl sites for hydroxylation is 1. The maximum atomic E-state index is 13.3. The van der Waals surface area contributed by atoms with E-state index in [2.05, 4.69) is 31.0 Å². The molecule has 0 aliphatic carbocycles. The molecule has 2 aromatic heterocycles. The van der Waals surface area contributed by atoms with Crippen molar-refractivity contribution in [2.45, 2.75) is 43.4 Å². The van der Waals surface area contributed by atoms with E-state index in [0.717, 1.165) is 11.3 Å². The van der Waals surface area contributed by atoms with Crippen molar-refractivity contribution in [2.75, 3.05) is 25.4 Å². The topological polar surface area (TPSA) is 206 Å². The fourth-order valence-corrected chi connectivity index (χ4v) is 6.38. The highest BCUT2D eigenvalue weighted by Gasteiger charge is 2.56. The van der Waals surface area contributed by atoms with Crippen LogP contribution >= 0.6 is 34.9 Å². The molecule has 0 aromatic carbocycles.